The number of hydrogen-bond acceptors (Lipinski definition) is 1. The van der Waals surface area contributed by atoms with E-state index in [1.807, 2.05) is 0 Å². The van der Waals surface area contributed by atoms with E-state index in [4.69, 9.17) is 0 Å². The van der Waals surface area contributed by atoms with Gasteiger partial charge in [0, 0.05) is 0 Å². The van der Waals surface area contributed by atoms with Gasteiger partial charge in [0.25, 0.3) is 0 Å². The van der Waals surface area contributed by atoms with Crippen molar-refractivity contribution in [1.29, 1.82) is 0 Å². The van der Waals surface area contributed by atoms with Crippen molar-refractivity contribution in [3.05, 3.63) is 35.1 Å². The van der Waals surface area contributed by atoms with Crippen LogP contribution in [0, 0.1) is 17.7 Å². The van der Waals surface area contributed by atoms with Crippen LogP contribution in [0.25, 0.3) is 0 Å². The minimum atomic E-state index is -4.74. The first-order valence-electron chi connectivity index (χ1n) is 6.83. The van der Waals surface area contributed by atoms with E-state index in [9.17, 15) is 22.7 Å². The molecule has 0 bridgehead atoms. The van der Waals surface area contributed by atoms with Crippen molar-refractivity contribution in [3.8, 4) is 0 Å². The molecule has 0 saturated heterocycles. The topological polar surface area (TPSA) is 20.2 Å². The molecular weight excluding hydrogens is 272 g/mol. The van der Waals surface area contributed by atoms with Crippen LogP contribution in [0.4, 0.5) is 17.6 Å². The Morgan fingerprint density at radius 3 is 2.30 bits per heavy atom. The molecule has 1 unspecified atom stereocenters. The number of halogens is 4. The van der Waals surface area contributed by atoms with Crippen LogP contribution in [-0.2, 0) is 6.18 Å². The molecule has 1 aliphatic carbocycles. The van der Waals surface area contributed by atoms with Gasteiger partial charge in [-0.1, -0.05) is 25.8 Å². The average molecular weight is 290 g/mol. The Morgan fingerprint density at radius 1 is 1.15 bits per heavy atom. The van der Waals surface area contributed by atoms with Crippen molar-refractivity contribution in [2.75, 3.05) is 0 Å². The number of alkyl halides is 3. The van der Waals surface area contributed by atoms with Crippen LogP contribution in [0.5, 0.6) is 0 Å². The summed E-state index contributed by atoms with van der Waals surface area (Å²) in [6.45, 7) is 2.13. The molecule has 1 aromatic rings. The lowest BCUT2D eigenvalue weighted by molar-refractivity contribution is -0.140. The number of benzene rings is 1. The molecule has 0 amide bonds. The molecule has 0 aliphatic heterocycles. The fourth-order valence-electron chi connectivity index (χ4n) is 2.82. The van der Waals surface area contributed by atoms with Crippen molar-refractivity contribution in [2.45, 2.75) is 44.9 Å². The van der Waals surface area contributed by atoms with Crippen LogP contribution >= 0.6 is 0 Å². The largest absolute Gasteiger partial charge is 0.419 e. The highest BCUT2D eigenvalue weighted by molar-refractivity contribution is 5.29. The second kappa shape index (κ2) is 5.72. The fourth-order valence-corrected chi connectivity index (χ4v) is 2.82. The highest BCUT2D eigenvalue weighted by Crippen LogP contribution is 2.39. The predicted molar refractivity (Wildman–Crippen MR) is 67.5 cm³/mol. The van der Waals surface area contributed by atoms with Crippen molar-refractivity contribution >= 4 is 0 Å². The molecule has 0 aromatic heterocycles. The zero-order valence-corrected chi connectivity index (χ0v) is 11.3. The Hall–Kier alpha value is -1.10. The summed E-state index contributed by atoms with van der Waals surface area (Å²) in [5.74, 6) is -0.749. The normalized spacial score (nSPS) is 25.5. The lowest BCUT2D eigenvalue weighted by Crippen LogP contribution is -2.20. The van der Waals surface area contributed by atoms with Crippen molar-refractivity contribution in [3.63, 3.8) is 0 Å². The Kier molecular flexibility index (Phi) is 4.37. The third-order valence-electron chi connectivity index (χ3n) is 4.14. The third-order valence-corrected chi connectivity index (χ3v) is 4.14. The van der Waals surface area contributed by atoms with E-state index in [1.54, 1.807) is 0 Å². The standard InChI is InChI=1S/C15H18F4O/c1-9-2-4-10(5-3-9)14(20)11-6-7-13(16)12(8-11)15(17,18)19/h6-10,14,20H,2-5H2,1H3. The summed E-state index contributed by atoms with van der Waals surface area (Å²) in [6, 6.07) is 2.76. The Bertz CT molecular complexity index is 461. The van der Waals surface area contributed by atoms with E-state index in [2.05, 4.69) is 6.92 Å². The summed E-state index contributed by atoms with van der Waals surface area (Å²) in [7, 11) is 0. The molecule has 1 nitrogen and oxygen atoms in total. The van der Waals surface area contributed by atoms with Crippen molar-refractivity contribution in [1.82, 2.24) is 0 Å². The summed E-state index contributed by atoms with van der Waals surface area (Å²) in [5, 5.41) is 10.2. The van der Waals surface area contributed by atoms with Gasteiger partial charge < -0.3 is 5.11 Å². The zero-order chi connectivity index (χ0) is 14.9. The van der Waals surface area contributed by atoms with E-state index in [1.165, 1.54) is 6.07 Å². The molecule has 1 aromatic carbocycles. The average Bonchev–Trinajstić information content (AvgIpc) is 2.38. The molecule has 1 saturated carbocycles. The van der Waals surface area contributed by atoms with Gasteiger partial charge in [-0.3, -0.25) is 0 Å². The molecule has 0 spiro atoms. The summed E-state index contributed by atoms with van der Waals surface area (Å²) < 4.78 is 51.2. The highest BCUT2D eigenvalue weighted by atomic mass is 19.4. The maximum atomic E-state index is 13.2. The van der Waals surface area contributed by atoms with Gasteiger partial charge in [-0.25, -0.2) is 4.39 Å². The minimum absolute atomic E-state index is 0.0438. The van der Waals surface area contributed by atoms with Gasteiger partial charge in [-0.2, -0.15) is 13.2 Å². The lowest BCUT2D eigenvalue weighted by Gasteiger charge is -2.30. The second-order valence-corrected chi connectivity index (χ2v) is 5.70. The molecule has 2 rings (SSSR count). The van der Waals surface area contributed by atoms with Gasteiger partial charge >= 0.3 is 6.18 Å². The fraction of sp³-hybridized carbons (Fsp3) is 0.600. The summed E-state index contributed by atoms with van der Waals surface area (Å²) in [6.07, 6.45) is -2.17. The number of hydrogen-bond donors (Lipinski definition) is 1. The van der Waals surface area contributed by atoms with Gasteiger partial charge in [0.2, 0.25) is 0 Å². The van der Waals surface area contributed by atoms with Crippen LogP contribution in [0.15, 0.2) is 18.2 Å². The molecule has 20 heavy (non-hydrogen) atoms. The number of aliphatic hydroxyl groups excluding tert-OH is 1. The number of aliphatic hydroxyl groups is 1. The van der Waals surface area contributed by atoms with Crippen LogP contribution in [0.1, 0.15) is 49.8 Å². The van der Waals surface area contributed by atoms with Gasteiger partial charge in [-0.05, 0) is 42.4 Å². The molecular formula is C15H18F4O. The maximum absolute atomic E-state index is 13.2. The third kappa shape index (κ3) is 3.32. The minimum Gasteiger partial charge on any atom is -0.388 e. The van der Waals surface area contributed by atoms with Gasteiger partial charge in [-0.15, -0.1) is 0 Å². The molecule has 0 radical (unpaired) electrons. The molecule has 1 aliphatic rings. The van der Waals surface area contributed by atoms with E-state index in [-0.39, 0.29) is 11.5 Å². The first-order chi connectivity index (χ1) is 9.29. The Balaban J connectivity index is 2.20. The Labute approximate surface area is 115 Å². The van der Waals surface area contributed by atoms with Crippen LogP contribution in [0.3, 0.4) is 0 Å². The molecule has 5 heteroatoms. The summed E-state index contributed by atoms with van der Waals surface area (Å²) >= 11 is 0. The van der Waals surface area contributed by atoms with Crippen molar-refractivity contribution < 1.29 is 22.7 Å². The lowest BCUT2D eigenvalue weighted by atomic mass is 9.78. The van der Waals surface area contributed by atoms with Gasteiger partial charge in [0.05, 0.1) is 11.7 Å². The van der Waals surface area contributed by atoms with E-state index in [0.717, 1.165) is 37.8 Å². The Morgan fingerprint density at radius 2 is 1.75 bits per heavy atom. The molecule has 112 valence electrons. The second-order valence-electron chi connectivity index (χ2n) is 5.70. The van der Waals surface area contributed by atoms with E-state index < -0.39 is 23.7 Å². The smallest absolute Gasteiger partial charge is 0.388 e. The predicted octanol–water partition coefficient (Wildman–Crippen LogP) is 4.70. The maximum Gasteiger partial charge on any atom is 0.419 e. The van der Waals surface area contributed by atoms with Crippen LogP contribution in [-0.4, -0.2) is 5.11 Å². The molecule has 0 heterocycles. The van der Waals surface area contributed by atoms with E-state index in [0.29, 0.717) is 5.92 Å². The van der Waals surface area contributed by atoms with Crippen molar-refractivity contribution in [2.24, 2.45) is 11.8 Å². The monoisotopic (exact) mass is 290 g/mol. The molecule has 1 atom stereocenters. The number of rotatable bonds is 2. The molecule has 1 fully saturated rings. The summed E-state index contributed by atoms with van der Waals surface area (Å²) in [5.41, 5.74) is -1.16. The molecule has 1 N–H and O–H groups in total. The van der Waals surface area contributed by atoms with Gasteiger partial charge in [0.1, 0.15) is 5.82 Å². The summed E-state index contributed by atoms with van der Waals surface area (Å²) in [4.78, 5) is 0. The first-order valence-corrected chi connectivity index (χ1v) is 6.83. The quantitative estimate of drug-likeness (QED) is 0.782. The van der Waals surface area contributed by atoms with E-state index >= 15 is 0 Å². The zero-order valence-electron chi connectivity index (χ0n) is 11.3. The first kappa shape index (κ1) is 15.3. The van der Waals surface area contributed by atoms with Crippen LogP contribution < -0.4 is 0 Å². The highest BCUT2D eigenvalue weighted by Gasteiger charge is 2.35. The van der Waals surface area contributed by atoms with Gasteiger partial charge in [0.15, 0.2) is 0 Å². The van der Waals surface area contributed by atoms with Crippen LogP contribution in [0.2, 0.25) is 0 Å². The SMILES string of the molecule is CC1CCC(C(O)c2ccc(F)c(C(F)(F)F)c2)CC1.